The Hall–Kier alpha value is -2.40. The van der Waals surface area contributed by atoms with Gasteiger partial charge in [-0.25, -0.2) is 4.39 Å². The smallest absolute Gasteiger partial charge is 0.239 e. The van der Waals surface area contributed by atoms with E-state index in [4.69, 9.17) is 0 Å². The molecule has 0 aromatic heterocycles. The van der Waals surface area contributed by atoms with Crippen LogP contribution in [0.2, 0.25) is 0 Å². The standard InChI is InChI=1S/C19H21FN2O2/c20-16-7-5-14(6-8-16)12-21-19(24)13-22-10-9-17(23)11-15-3-1-2-4-18(15)22/h1-8,17,23H,9-13H2,(H,21,24). The summed E-state index contributed by atoms with van der Waals surface area (Å²) in [6.45, 7) is 1.25. The number of nitrogens with one attached hydrogen (secondary N) is 1. The molecule has 0 bridgehead atoms. The average Bonchev–Trinajstić information content (AvgIpc) is 2.73. The summed E-state index contributed by atoms with van der Waals surface area (Å²) in [6.07, 6.45) is 0.877. The maximum atomic E-state index is 12.9. The third-order valence-electron chi connectivity index (χ3n) is 4.26. The van der Waals surface area contributed by atoms with Gasteiger partial charge in [0.1, 0.15) is 5.82 Å². The Balaban J connectivity index is 1.62. The number of hydrogen-bond acceptors (Lipinski definition) is 3. The van der Waals surface area contributed by atoms with Crippen molar-refractivity contribution >= 4 is 11.6 Å². The number of aliphatic hydroxyl groups excluding tert-OH is 1. The van der Waals surface area contributed by atoms with E-state index in [0.29, 0.717) is 25.9 Å². The molecule has 24 heavy (non-hydrogen) atoms. The van der Waals surface area contributed by atoms with E-state index in [1.807, 2.05) is 29.2 Å². The number of rotatable bonds is 4. The number of carbonyl (C=O) groups excluding carboxylic acids is 1. The predicted molar refractivity (Wildman–Crippen MR) is 91.2 cm³/mol. The highest BCUT2D eigenvalue weighted by atomic mass is 19.1. The largest absolute Gasteiger partial charge is 0.393 e. The highest BCUT2D eigenvalue weighted by molar-refractivity contribution is 5.81. The molecule has 1 atom stereocenters. The van der Waals surface area contributed by atoms with Gasteiger partial charge in [0.05, 0.1) is 12.6 Å². The highest BCUT2D eigenvalue weighted by Gasteiger charge is 2.21. The van der Waals surface area contributed by atoms with Gasteiger partial charge in [0.25, 0.3) is 0 Å². The minimum Gasteiger partial charge on any atom is -0.393 e. The first-order chi connectivity index (χ1) is 11.6. The van der Waals surface area contributed by atoms with Crippen molar-refractivity contribution in [3.63, 3.8) is 0 Å². The fraction of sp³-hybridized carbons (Fsp3) is 0.316. The van der Waals surface area contributed by atoms with Crippen LogP contribution in [0.15, 0.2) is 48.5 Å². The SMILES string of the molecule is O=C(CN1CCC(O)Cc2ccccc21)NCc1ccc(F)cc1. The second-order valence-electron chi connectivity index (χ2n) is 6.10. The lowest BCUT2D eigenvalue weighted by atomic mass is 10.1. The number of nitrogens with zero attached hydrogens (tertiary/aromatic N) is 1. The van der Waals surface area contributed by atoms with Crippen molar-refractivity contribution in [2.75, 3.05) is 18.0 Å². The monoisotopic (exact) mass is 328 g/mol. The molecular formula is C19H21FN2O2. The van der Waals surface area contributed by atoms with Crippen LogP contribution in [0.5, 0.6) is 0 Å². The first-order valence-corrected chi connectivity index (χ1v) is 8.14. The number of carbonyl (C=O) groups is 1. The van der Waals surface area contributed by atoms with Crippen LogP contribution in [0.4, 0.5) is 10.1 Å². The van der Waals surface area contributed by atoms with Gasteiger partial charge in [0.2, 0.25) is 5.91 Å². The van der Waals surface area contributed by atoms with E-state index in [0.717, 1.165) is 16.8 Å². The van der Waals surface area contributed by atoms with Crippen LogP contribution in [0.3, 0.4) is 0 Å². The van der Waals surface area contributed by atoms with Crippen molar-refractivity contribution in [2.45, 2.75) is 25.5 Å². The zero-order valence-corrected chi connectivity index (χ0v) is 13.4. The number of amides is 1. The Morgan fingerprint density at radius 2 is 1.96 bits per heavy atom. The molecule has 2 aromatic carbocycles. The molecule has 0 aliphatic carbocycles. The van der Waals surface area contributed by atoms with Crippen molar-refractivity contribution in [3.05, 3.63) is 65.5 Å². The van der Waals surface area contributed by atoms with E-state index >= 15 is 0 Å². The molecular weight excluding hydrogens is 307 g/mol. The molecule has 2 N–H and O–H groups in total. The van der Waals surface area contributed by atoms with Crippen LogP contribution in [0, 0.1) is 5.82 Å². The third-order valence-corrected chi connectivity index (χ3v) is 4.26. The molecule has 1 unspecified atom stereocenters. The third kappa shape index (κ3) is 4.11. The minimum atomic E-state index is -0.376. The molecule has 0 saturated carbocycles. The van der Waals surface area contributed by atoms with Crippen LogP contribution in [0.1, 0.15) is 17.5 Å². The number of fused-ring (bicyclic) bond motifs is 1. The highest BCUT2D eigenvalue weighted by Crippen LogP contribution is 2.25. The lowest BCUT2D eigenvalue weighted by molar-refractivity contribution is -0.119. The Kier molecular flexibility index (Phi) is 5.11. The van der Waals surface area contributed by atoms with Crippen molar-refractivity contribution in [1.29, 1.82) is 0 Å². The molecule has 3 rings (SSSR count). The van der Waals surface area contributed by atoms with Crippen molar-refractivity contribution < 1.29 is 14.3 Å². The summed E-state index contributed by atoms with van der Waals surface area (Å²) in [5.41, 5.74) is 2.93. The van der Waals surface area contributed by atoms with Gasteiger partial charge < -0.3 is 15.3 Å². The summed E-state index contributed by atoms with van der Waals surface area (Å²) in [6, 6.07) is 14.0. The van der Waals surface area contributed by atoms with Crippen LogP contribution >= 0.6 is 0 Å². The quantitative estimate of drug-likeness (QED) is 0.905. The van der Waals surface area contributed by atoms with E-state index in [1.165, 1.54) is 12.1 Å². The van der Waals surface area contributed by atoms with Crippen molar-refractivity contribution in [2.24, 2.45) is 0 Å². The van der Waals surface area contributed by atoms with Crippen LogP contribution in [0.25, 0.3) is 0 Å². The second kappa shape index (κ2) is 7.45. The molecule has 1 amide bonds. The molecule has 0 fully saturated rings. The lowest BCUT2D eigenvalue weighted by Gasteiger charge is -2.24. The fourth-order valence-corrected chi connectivity index (χ4v) is 2.97. The van der Waals surface area contributed by atoms with E-state index in [-0.39, 0.29) is 24.4 Å². The fourth-order valence-electron chi connectivity index (χ4n) is 2.97. The van der Waals surface area contributed by atoms with Gasteiger partial charge in [-0.15, -0.1) is 0 Å². The zero-order chi connectivity index (χ0) is 16.9. The maximum Gasteiger partial charge on any atom is 0.239 e. The normalized spacial score (nSPS) is 17.1. The average molecular weight is 328 g/mol. The van der Waals surface area contributed by atoms with Crippen molar-refractivity contribution in [1.82, 2.24) is 5.32 Å². The number of para-hydroxylation sites is 1. The van der Waals surface area contributed by atoms with Gasteiger partial charge in [0, 0.05) is 25.2 Å². The second-order valence-corrected chi connectivity index (χ2v) is 6.10. The van der Waals surface area contributed by atoms with E-state index in [2.05, 4.69) is 5.32 Å². The van der Waals surface area contributed by atoms with Crippen LogP contribution < -0.4 is 10.2 Å². The Bertz CT molecular complexity index is 703. The molecule has 0 saturated heterocycles. The van der Waals surface area contributed by atoms with Gasteiger partial charge in [-0.2, -0.15) is 0 Å². The minimum absolute atomic E-state index is 0.0921. The molecule has 0 spiro atoms. The summed E-state index contributed by atoms with van der Waals surface area (Å²) < 4.78 is 12.9. The molecule has 4 nitrogen and oxygen atoms in total. The summed E-state index contributed by atoms with van der Waals surface area (Å²) in [5.74, 6) is -0.379. The number of halogens is 1. The number of hydrogen-bond donors (Lipinski definition) is 2. The van der Waals surface area contributed by atoms with Gasteiger partial charge in [0.15, 0.2) is 0 Å². The maximum absolute atomic E-state index is 12.9. The zero-order valence-electron chi connectivity index (χ0n) is 13.4. The van der Waals surface area contributed by atoms with Crippen LogP contribution in [-0.4, -0.2) is 30.2 Å². The van der Waals surface area contributed by atoms with E-state index in [1.54, 1.807) is 12.1 Å². The number of anilines is 1. The number of aliphatic hydroxyl groups is 1. The van der Waals surface area contributed by atoms with Gasteiger partial charge in [-0.3, -0.25) is 4.79 Å². The van der Waals surface area contributed by atoms with Gasteiger partial charge in [-0.1, -0.05) is 30.3 Å². The summed E-state index contributed by atoms with van der Waals surface area (Å²) in [7, 11) is 0. The molecule has 5 heteroatoms. The topological polar surface area (TPSA) is 52.6 Å². The summed E-state index contributed by atoms with van der Waals surface area (Å²) in [5, 5.41) is 12.9. The molecule has 126 valence electrons. The van der Waals surface area contributed by atoms with Crippen molar-refractivity contribution in [3.8, 4) is 0 Å². The Morgan fingerprint density at radius 3 is 2.75 bits per heavy atom. The molecule has 0 radical (unpaired) electrons. The molecule has 1 aliphatic heterocycles. The van der Waals surface area contributed by atoms with E-state index in [9.17, 15) is 14.3 Å². The van der Waals surface area contributed by atoms with Gasteiger partial charge in [-0.05, 0) is 35.7 Å². The first kappa shape index (κ1) is 16.5. The van der Waals surface area contributed by atoms with Crippen LogP contribution in [-0.2, 0) is 17.8 Å². The summed E-state index contributed by atoms with van der Waals surface area (Å²) in [4.78, 5) is 14.3. The molecule has 2 aromatic rings. The first-order valence-electron chi connectivity index (χ1n) is 8.14. The molecule has 1 aliphatic rings. The van der Waals surface area contributed by atoms with E-state index < -0.39 is 0 Å². The van der Waals surface area contributed by atoms with Gasteiger partial charge >= 0.3 is 0 Å². The molecule has 1 heterocycles. The Morgan fingerprint density at radius 1 is 1.21 bits per heavy atom. The summed E-state index contributed by atoms with van der Waals surface area (Å²) >= 11 is 0. The predicted octanol–water partition coefficient (Wildman–Crippen LogP) is 2.26. The lowest BCUT2D eigenvalue weighted by Crippen LogP contribution is -2.37. The number of benzene rings is 2. The Labute approximate surface area is 140 Å².